The number of carbonyl (C=O) groups excluding carboxylic acids is 2. The van der Waals surface area contributed by atoms with E-state index >= 15 is 0 Å². The SMILES string of the molecule is Cc1sc2ncn(CC(=O)NCC(=O)NCC[NH+](C)C)c(=O)c2c1C. The molecule has 0 aromatic carbocycles. The van der Waals surface area contributed by atoms with E-state index < -0.39 is 5.91 Å². The minimum absolute atomic E-state index is 0.109. The van der Waals surface area contributed by atoms with E-state index in [-0.39, 0.29) is 24.6 Å². The molecule has 2 aromatic rings. The Labute approximate surface area is 149 Å². The summed E-state index contributed by atoms with van der Waals surface area (Å²) in [5, 5.41) is 5.80. The second-order valence-corrected chi connectivity index (χ2v) is 7.43. The first-order valence-electron chi connectivity index (χ1n) is 8.07. The Morgan fingerprint density at radius 2 is 1.96 bits per heavy atom. The maximum absolute atomic E-state index is 12.5. The third-order valence-corrected chi connectivity index (χ3v) is 4.98. The molecule has 2 rings (SSSR count). The summed E-state index contributed by atoms with van der Waals surface area (Å²) in [5.41, 5.74) is 0.662. The second-order valence-electron chi connectivity index (χ2n) is 6.22. The van der Waals surface area contributed by atoms with Crippen LogP contribution in [0.1, 0.15) is 10.4 Å². The number of quaternary nitrogens is 1. The molecule has 0 bridgehead atoms. The predicted molar refractivity (Wildman–Crippen MR) is 97.1 cm³/mol. The molecule has 0 aliphatic rings. The standard InChI is InChI=1S/C16H23N5O3S/c1-10-11(2)25-15-14(10)16(24)21(9-19-15)8-13(23)18-7-12(22)17-5-6-20(3)4/h9H,5-8H2,1-4H3,(H,17,22)(H,18,23)/p+1. The Balaban J connectivity index is 1.94. The van der Waals surface area contributed by atoms with Crippen LogP contribution in [0.25, 0.3) is 10.2 Å². The van der Waals surface area contributed by atoms with Crippen LogP contribution in [-0.2, 0) is 16.1 Å². The maximum atomic E-state index is 12.5. The van der Waals surface area contributed by atoms with Crippen LogP contribution in [0.4, 0.5) is 0 Å². The molecule has 0 radical (unpaired) electrons. The number of likely N-dealkylation sites (N-methyl/N-ethyl adjacent to an activating group) is 1. The predicted octanol–water partition coefficient (Wildman–Crippen LogP) is -1.55. The van der Waals surface area contributed by atoms with Gasteiger partial charge in [0.05, 0.1) is 45.4 Å². The molecule has 0 saturated heterocycles. The Bertz CT molecular complexity index is 840. The summed E-state index contributed by atoms with van der Waals surface area (Å²) in [6.07, 6.45) is 1.37. The number of amides is 2. The molecular weight excluding hydrogens is 342 g/mol. The first-order valence-corrected chi connectivity index (χ1v) is 8.88. The molecule has 0 saturated carbocycles. The molecule has 3 N–H and O–H groups in total. The average molecular weight is 366 g/mol. The summed E-state index contributed by atoms with van der Waals surface area (Å²) in [6.45, 7) is 4.90. The van der Waals surface area contributed by atoms with Crippen LogP contribution in [0.15, 0.2) is 11.1 Å². The smallest absolute Gasteiger partial charge is 0.262 e. The van der Waals surface area contributed by atoms with Crippen molar-refractivity contribution in [3.05, 3.63) is 27.1 Å². The van der Waals surface area contributed by atoms with E-state index in [9.17, 15) is 14.4 Å². The van der Waals surface area contributed by atoms with Crippen LogP contribution in [-0.4, -0.2) is 55.1 Å². The number of carbonyl (C=O) groups is 2. The van der Waals surface area contributed by atoms with Gasteiger partial charge < -0.3 is 15.5 Å². The van der Waals surface area contributed by atoms with E-state index in [4.69, 9.17) is 0 Å². The van der Waals surface area contributed by atoms with Gasteiger partial charge in [-0.25, -0.2) is 4.98 Å². The highest BCUT2D eigenvalue weighted by Crippen LogP contribution is 2.25. The largest absolute Gasteiger partial charge is 0.349 e. The Morgan fingerprint density at radius 3 is 2.64 bits per heavy atom. The van der Waals surface area contributed by atoms with Gasteiger partial charge in [-0.15, -0.1) is 11.3 Å². The number of aromatic nitrogens is 2. The first-order chi connectivity index (χ1) is 11.8. The van der Waals surface area contributed by atoms with Gasteiger partial charge >= 0.3 is 0 Å². The third-order valence-electron chi connectivity index (χ3n) is 3.86. The van der Waals surface area contributed by atoms with Crippen molar-refractivity contribution in [3.63, 3.8) is 0 Å². The minimum Gasteiger partial charge on any atom is -0.349 e. The normalized spacial score (nSPS) is 11.1. The van der Waals surface area contributed by atoms with Gasteiger partial charge in [-0.3, -0.25) is 19.0 Å². The zero-order valence-electron chi connectivity index (χ0n) is 14.9. The number of thiophene rings is 1. The number of aryl methyl sites for hydroxylation is 2. The molecular formula is C16H24N5O3S+. The Morgan fingerprint density at radius 1 is 1.24 bits per heavy atom. The quantitative estimate of drug-likeness (QED) is 0.553. The highest BCUT2D eigenvalue weighted by atomic mass is 32.1. The Kier molecular flexibility index (Phi) is 6.27. The summed E-state index contributed by atoms with van der Waals surface area (Å²) in [6, 6.07) is 0. The second kappa shape index (κ2) is 8.21. The van der Waals surface area contributed by atoms with E-state index in [0.717, 1.165) is 17.0 Å². The van der Waals surface area contributed by atoms with Gasteiger partial charge in [-0.2, -0.15) is 0 Å². The van der Waals surface area contributed by atoms with Crippen LogP contribution in [0.2, 0.25) is 0 Å². The average Bonchev–Trinajstić information content (AvgIpc) is 2.83. The van der Waals surface area contributed by atoms with Gasteiger partial charge in [0.15, 0.2) is 0 Å². The van der Waals surface area contributed by atoms with E-state index in [0.29, 0.717) is 16.8 Å². The highest BCUT2D eigenvalue weighted by Gasteiger charge is 2.14. The van der Waals surface area contributed by atoms with Crippen LogP contribution < -0.4 is 21.1 Å². The molecule has 0 fully saturated rings. The van der Waals surface area contributed by atoms with Crippen LogP contribution in [0.5, 0.6) is 0 Å². The fraction of sp³-hybridized carbons (Fsp3) is 0.500. The van der Waals surface area contributed by atoms with Crippen molar-refractivity contribution < 1.29 is 14.5 Å². The minimum atomic E-state index is -0.402. The lowest BCUT2D eigenvalue weighted by atomic mass is 10.2. The van der Waals surface area contributed by atoms with Crippen molar-refractivity contribution in [1.82, 2.24) is 20.2 Å². The molecule has 0 unspecified atom stereocenters. The lowest BCUT2D eigenvalue weighted by molar-refractivity contribution is -0.856. The van der Waals surface area contributed by atoms with Crippen molar-refractivity contribution in [2.45, 2.75) is 20.4 Å². The Hall–Kier alpha value is -2.26. The molecule has 0 aliphatic heterocycles. The molecule has 2 aromatic heterocycles. The van der Waals surface area contributed by atoms with E-state index in [1.54, 1.807) is 0 Å². The molecule has 2 heterocycles. The topological polar surface area (TPSA) is 97.5 Å². The van der Waals surface area contributed by atoms with Crippen LogP contribution >= 0.6 is 11.3 Å². The van der Waals surface area contributed by atoms with Crippen molar-refractivity contribution in [3.8, 4) is 0 Å². The van der Waals surface area contributed by atoms with E-state index in [1.165, 1.54) is 27.1 Å². The number of nitrogens with zero attached hydrogens (tertiary/aromatic N) is 2. The van der Waals surface area contributed by atoms with Gasteiger partial charge in [-0.1, -0.05) is 0 Å². The summed E-state index contributed by atoms with van der Waals surface area (Å²) < 4.78 is 1.27. The summed E-state index contributed by atoms with van der Waals surface area (Å²) in [5.74, 6) is -0.652. The monoisotopic (exact) mass is 366 g/mol. The highest BCUT2D eigenvalue weighted by molar-refractivity contribution is 7.18. The van der Waals surface area contributed by atoms with Gasteiger partial charge in [0, 0.05) is 4.88 Å². The lowest BCUT2D eigenvalue weighted by Gasteiger charge is -2.09. The third kappa shape index (κ3) is 4.86. The molecule has 25 heavy (non-hydrogen) atoms. The molecule has 2 amide bonds. The van der Waals surface area contributed by atoms with Crippen molar-refractivity contribution in [1.29, 1.82) is 0 Å². The fourth-order valence-corrected chi connectivity index (χ4v) is 3.27. The van der Waals surface area contributed by atoms with Crippen molar-refractivity contribution in [2.24, 2.45) is 0 Å². The fourth-order valence-electron chi connectivity index (χ4n) is 2.29. The van der Waals surface area contributed by atoms with Gasteiger partial charge in [0.25, 0.3) is 5.56 Å². The van der Waals surface area contributed by atoms with Crippen LogP contribution in [0.3, 0.4) is 0 Å². The molecule has 9 heteroatoms. The van der Waals surface area contributed by atoms with Gasteiger partial charge in [0.2, 0.25) is 11.8 Å². The van der Waals surface area contributed by atoms with Gasteiger partial charge in [0.1, 0.15) is 11.4 Å². The van der Waals surface area contributed by atoms with Gasteiger partial charge in [-0.05, 0) is 19.4 Å². The van der Waals surface area contributed by atoms with Crippen molar-refractivity contribution >= 4 is 33.4 Å². The molecule has 136 valence electrons. The summed E-state index contributed by atoms with van der Waals surface area (Å²) in [7, 11) is 3.99. The maximum Gasteiger partial charge on any atom is 0.262 e. The lowest BCUT2D eigenvalue weighted by Crippen LogP contribution is -3.06. The summed E-state index contributed by atoms with van der Waals surface area (Å²) in [4.78, 5) is 43.4. The van der Waals surface area contributed by atoms with E-state index in [1.807, 2.05) is 27.9 Å². The number of nitrogens with one attached hydrogen (secondary N) is 3. The molecule has 0 spiro atoms. The molecule has 8 nitrogen and oxygen atoms in total. The number of fused-ring (bicyclic) bond motifs is 1. The zero-order chi connectivity index (χ0) is 18.6. The van der Waals surface area contributed by atoms with Crippen molar-refractivity contribution in [2.75, 3.05) is 33.7 Å². The van der Waals surface area contributed by atoms with E-state index in [2.05, 4.69) is 15.6 Å². The molecule has 0 aliphatic carbocycles. The zero-order valence-corrected chi connectivity index (χ0v) is 15.7. The summed E-state index contributed by atoms with van der Waals surface area (Å²) >= 11 is 1.46. The molecule has 0 atom stereocenters. The van der Waals surface area contributed by atoms with Crippen LogP contribution in [0, 0.1) is 13.8 Å². The number of hydrogen-bond acceptors (Lipinski definition) is 5. The number of hydrogen-bond donors (Lipinski definition) is 3. The first kappa shape index (κ1) is 19.1. The number of rotatable bonds is 7.